The Labute approximate surface area is 76.9 Å². The third kappa shape index (κ3) is 3.25. The van der Waals surface area contributed by atoms with Gasteiger partial charge in [0.2, 0.25) is 0 Å². The number of hydrogen-bond acceptors (Lipinski definition) is 3. The Balaban J connectivity index is 0.00000121. The minimum atomic E-state index is -0.324. The molecule has 66 valence electrons. The number of hydrogen-bond donors (Lipinski definition) is 1. The van der Waals surface area contributed by atoms with Gasteiger partial charge in [-0.15, -0.1) is 12.4 Å². The van der Waals surface area contributed by atoms with E-state index < -0.39 is 0 Å². The van der Waals surface area contributed by atoms with Crippen LogP contribution < -0.4 is 10.5 Å². The molecule has 2 N–H and O–H groups in total. The first-order chi connectivity index (χ1) is 5.18. The van der Waals surface area contributed by atoms with Gasteiger partial charge in [-0.05, 0) is 24.3 Å². The molecule has 12 heavy (non-hydrogen) atoms. The number of nitrogen functional groups attached to an aromatic ring is 1. The van der Waals surface area contributed by atoms with Crippen molar-refractivity contribution in [3.8, 4) is 5.75 Å². The van der Waals surface area contributed by atoms with Gasteiger partial charge in [0.25, 0.3) is 0 Å². The molecule has 4 heteroatoms. The minimum absolute atomic E-state index is 0. The first kappa shape index (κ1) is 10.8. The van der Waals surface area contributed by atoms with Gasteiger partial charge in [-0.25, -0.2) is 0 Å². The second-order valence-corrected chi connectivity index (χ2v) is 2.16. The molecule has 0 aliphatic heterocycles. The van der Waals surface area contributed by atoms with Crippen molar-refractivity contribution in [2.45, 2.75) is 6.92 Å². The number of carbonyl (C=O) groups is 1. The van der Waals surface area contributed by atoms with Crippen molar-refractivity contribution in [1.29, 1.82) is 0 Å². The summed E-state index contributed by atoms with van der Waals surface area (Å²) in [7, 11) is 0. The number of benzene rings is 1. The SMILES string of the molecule is CC(=O)Oc1ccc(N)cc1.Cl. The quantitative estimate of drug-likeness (QED) is 0.413. The number of carbonyl (C=O) groups excluding carboxylic acids is 1. The standard InChI is InChI=1S/C8H9NO2.ClH/c1-6(10)11-8-4-2-7(9)3-5-8;/h2-5H,9H2,1H3;1H. The van der Waals surface area contributed by atoms with E-state index in [1.54, 1.807) is 24.3 Å². The van der Waals surface area contributed by atoms with E-state index in [1.165, 1.54) is 6.92 Å². The molecule has 0 aliphatic rings. The minimum Gasteiger partial charge on any atom is -0.427 e. The van der Waals surface area contributed by atoms with Crippen LogP contribution in [0.15, 0.2) is 24.3 Å². The van der Waals surface area contributed by atoms with Gasteiger partial charge >= 0.3 is 5.97 Å². The Morgan fingerprint density at radius 2 is 1.83 bits per heavy atom. The highest BCUT2D eigenvalue weighted by atomic mass is 35.5. The summed E-state index contributed by atoms with van der Waals surface area (Å²) in [5.41, 5.74) is 6.07. The molecule has 0 bridgehead atoms. The van der Waals surface area contributed by atoms with E-state index in [9.17, 15) is 4.79 Å². The van der Waals surface area contributed by atoms with Crippen LogP contribution in [0.5, 0.6) is 5.75 Å². The smallest absolute Gasteiger partial charge is 0.308 e. The summed E-state index contributed by atoms with van der Waals surface area (Å²) in [6.45, 7) is 1.36. The monoisotopic (exact) mass is 187 g/mol. The molecule has 0 fully saturated rings. The van der Waals surface area contributed by atoms with E-state index in [-0.39, 0.29) is 18.4 Å². The maximum absolute atomic E-state index is 10.4. The van der Waals surface area contributed by atoms with Crippen LogP contribution in [-0.4, -0.2) is 5.97 Å². The first-order valence-electron chi connectivity index (χ1n) is 3.22. The second-order valence-electron chi connectivity index (χ2n) is 2.16. The molecule has 0 aliphatic carbocycles. The normalized spacial score (nSPS) is 8.42. The molecule has 0 aromatic heterocycles. The molecule has 0 radical (unpaired) electrons. The molecule has 0 saturated carbocycles. The van der Waals surface area contributed by atoms with E-state index in [4.69, 9.17) is 10.5 Å². The first-order valence-corrected chi connectivity index (χ1v) is 3.22. The summed E-state index contributed by atoms with van der Waals surface area (Å²) in [5.74, 6) is 0.196. The predicted molar refractivity (Wildman–Crippen MR) is 49.4 cm³/mol. The highest BCUT2D eigenvalue weighted by molar-refractivity contribution is 5.85. The molecule has 1 rings (SSSR count). The number of ether oxygens (including phenoxy) is 1. The molecular weight excluding hydrogens is 178 g/mol. The maximum atomic E-state index is 10.4. The van der Waals surface area contributed by atoms with Gasteiger partial charge in [0.05, 0.1) is 0 Å². The second kappa shape index (κ2) is 4.62. The van der Waals surface area contributed by atoms with E-state index in [1.807, 2.05) is 0 Å². The molecule has 0 atom stereocenters. The van der Waals surface area contributed by atoms with E-state index >= 15 is 0 Å². The van der Waals surface area contributed by atoms with Gasteiger partial charge in [-0.1, -0.05) is 0 Å². The molecule has 1 aromatic carbocycles. The fourth-order valence-electron chi connectivity index (χ4n) is 0.702. The Kier molecular flexibility index (Phi) is 4.15. The lowest BCUT2D eigenvalue weighted by Crippen LogP contribution is -2.00. The zero-order valence-corrected chi connectivity index (χ0v) is 7.43. The van der Waals surface area contributed by atoms with Crippen molar-refractivity contribution in [3.63, 3.8) is 0 Å². The van der Waals surface area contributed by atoms with Gasteiger partial charge in [0, 0.05) is 12.6 Å². The van der Waals surface area contributed by atoms with Crippen LogP contribution in [0.3, 0.4) is 0 Å². The third-order valence-electron chi connectivity index (χ3n) is 1.14. The van der Waals surface area contributed by atoms with Crippen LogP contribution in [0.25, 0.3) is 0 Å². The van der Waals surface area contributed by atoms with Crippen molar-refractivity contribution in [2.24, 2.45) is 0 Å². The zero-order chi connectivity index (χ0) is 8.27. The van der Waals surface area contributed by atoms with E-state index in [0.717, 1.165) is 0 Å². The Bertz CT molecular complexity index is 258. The van der Waals surface area contributed by atoms with Gasteiger partial charge in [0.15, 0.2) is 0 Å². The lowest BCUT2D eigenvalue weighted by Gasteiger charge is -1.99. The Morgan fingerprint density at radius 1 is 1.33 bits per heavy atom. The number of anilines is 1. The van der Waals surface area contributed by atoms with Gasteiger partial charge in [0.1, 0.15) is 5.75 Å². The van der Waals surface area contributed by atoms with Crippen LogP contribution in [-0.2, 0) is 4.79 Å². The average Bonchev–Trinajstić information content (AvgIpc) is 1.93. The molecule has 1 aromatic rings. The maximum Gasteiger partial charge on any atom is 0.308 e. The molecule has 0 unspecified atom stereocenters. The van der Waals surface area contributed by atoms with Crippen LogP contribution >= 0.6 is 12.4 Å². The summed E-state index contributed by atoms with van der Waals surface area (Å²) in [5, 5.41) is 0. The molecule has 0 spiro atoms. The van der Waals surface area contributed by atoms with Crippen molar-refractivity contribution in [2.75, 3.05) is 5.73 Å². The van der Waals surface area contributed by atoms with E-state index in [0.29, 0.717) is 11.4 Å². The predicted octanol–water partition coefficient (Wildman–Crippen LogP) is 1.62. The lowest BCUT2D eigenvalue weighted by atomic mass is 10.3. The summed E-state index contributed by atoms with van der Waals surface area (Å²) in [6.07, 6.45) is 0. The highest BCUT2D eigenvalue weighted by Crippen LogP contribution is 2.12. The summed E-state index contributed by atoms with van der Waals surface area (Å²) >= 11 is 0. The number of rotatable bonds is 1. The van der Waals surface area contributed by atoms with Gasteiger partial charge < -0.3 is 10.5 Å². The number of nitrogens with two attached hydrogens (primary N) is 1. The van der Waals surface area contributed by atoms with Crippen LogP contribution in [0.2, 0.25) is 0 Å². The fraction of sp³-hybridized carbons (Fsp3) is 0.125. The van der Waals surface area contributed by atoms with Crippen LogP contribution in [0.1, 0.15) is 6.92 Å². The summed E-state index contributed by atoms with van der Waals surface area (Å²) in [4.78, 5) is 10.4. The van der Waals surface area contributed by atoms with Crippen molar-refractivity contribution in [1.82, 2.24) is 0 Å². The molecule has 0 amide bonds. The average molecular weight is 188 g/mol. The van der Waals surface area contributed by atoms with Gasteiger partial charge in [-0.2, -0.15) is 0 Å². The van der Waals surface area contributed by atoms with Gasteiger partial charge in [-0.3, -0.25) is 4.79 Å². The Morgan fingerprint density at radius 3 is 2.25 bits per heavy atom. The zero-order valence-electron chi connectivity index (χ0n) is 6.61. The number of esters is 1. The Hall–Kier alpha value is -1.22. The summed E-state index contributed by atoms with van der Waals surface area (Å²) in [6, 6.07) is 6.66. The largest absolute Gasteiger partial charge is 0.427 e. The molecule has 0 saturated heterocycles. The summed E-state index contributed by atoms with van der Waals surface area (Å²) < 4.78 is 4.77. The molecule has 3 nitrogen and oxygen atoms in total. The fourth-order valence-corrected chi connectivity index (χ4v) is 0.702. The molecular formula is C8H10ClNO2. The van der Waals surface area contributed by atoms with Crippen molar-refractivity contribution >= 4 is 24.1 Å². The van der Waals surface area contributed by atoms with E-state index in [2.05, 4.69) is 0 Å². The van der Waals surface area contributed by atoms with Crippen LogP contribution in [0.4, 0.5) is 5.69 Å². The van der Waals surface area contributed by atoms with Crippen molar-refractivity contribution < 1.29 is 9.53 Å². The third-order valence-corrected chi connectivity index (χ3v) is 1.14. The number of halogens is 1. The molecule has 0 heterocycles. The lowest BCUT2D eigenvalue weighted by molar-refractivity contribution is -0.131. The van der Waals surface area contributed by atoms with Crippen molar-refractivity contribution in [3.05, 3.63) is 24.3 Å². The highest BCUT2D eigenvalue weighted by Gasteiger charge is 1.95. The van der Waals surface area contributed by atoms with Crippen LogP contribution in [0, 0.1) is 0 Å². The topological polar surface area (TPSA) is 52.3 Å².